The number of ether oxygens (including phenoxy) is 4. The van der Waals surface area contributed by atoms with Crippen LogP contribution in [0.25, 0.3) is 10.9 Å². The van der Waals surface area contributed by atoms with E-state index in [2.05, 4.69) is 28.6 Å². The second kappa shape index (κ2) is 21.5. The molecule has 4 aromatic rings. The third-order valence-electron chi connectivity index (χ3n) is 13.8. The average molecular weight is 919 g/mol. The van der Waals surface area contributed by atoms with Gasteiger partial charge in [-0.3, -0.25) is 19.2 Å². The topological polar surface area (TPSA) is 182 Å². The van der Waals surface area contributed by atoms with Crippen LogP contribution in [0.3, 0.4) is 0 Å². The lowest BCUT2D eigenvalue weighted by molar-refractivity contribution is -0.934. The summed E-state index contributed by atoms with van der Waals surface area (Å²) >= 11 is 0. The van der Waals surface area contributed by atoms with Crippen molar-refractivity contribution < 1.29 is 52.2 Å². The largest absolute Gasteiger partial charge is 0.467 e. The van der Waals surface area contributed by atoms with Gasteiger partial charge in [0.05, 0.1) is 25.8 Å². The molecule has 0 spiro atoms. The van der Waals surface area contributed by atoms with E-state index in [0.29, 0.717) is 62.0 Å². The molecule has 15 heteroatoms. The van der Waals surface area contributed by atoms with E-state index < -0.39 is 59.9 Å². The van der Waals surface area contributed by atoms with E-state index >= 15 is 0 Å². The van der Waals surface area contributed by atoms with Crippen LogP contribution in [0.15, 0.2) is 96.6 Å². The van der Waals surface area contributed by atoms with Gasteiger partial charge in [-0.15, -0.1) is 0 Å². The second-order valence-corrected chi connectivity index (χ2v) is 18.3. The van der Waals surface area contributed by atoms with Crippen LogP contribution in [-0.4, -0.2) is 109 Å². The molecular formula is C52H64N5O10+. The summed E-state index contributed by atoms with van der Waals surface area (Å²) in [5.41, 5.74) is 3.61. The Morgan fingerprint density at radius 2 is 1.54 bits per heavy atom. The van der Waals surface area contributed by atoms with Gasteiger partial charge in [-0.1, -0.05) is 112 Å². The number of carbonyl (C=O) groups excluding carboxylic acids is 6. The highest BCUT2D eigenvalue weighted by molar-refractivity contribution is 5.95. The zero-order valence-electron chi connectivity index (χ0n) is 39.2. The Balaban J connectivity index is 1.10. The SMILES string of the molecule is CCC1=C[C@H]2C[C@@](OC)(C(=O)OC)c3[nH]c4ccccc4c3C[N+](CC(=O)N3CCC[C@H]3C(=O)N[C@H](C(=O)N[C@@H](CC(=O)OCc3ccccc3)C(=O)OCc3ccccc3)[C@@H](C)CC)(C1)C2. The number of rotatable bonds is 18. The van der Waals surface area contributed by atoms with Crippen molar-refractivity contribution in [2.75, 3.05) is 40.4 Å². The lowest BCUT2D eigenvalue weighted by Crippen LogP contribution is -2.61. The molecule has 7 atom stereocenters. The Labute approximate surface area is 392 Å². The molecule has 3 aromatic carbocycles. The predicted octanol–water partition coefficient (Wildman–Crippen LogP) is 5.75. The summed E-state index contributed by atoms with van der Waals surface area (Å²) in [7, 11) is 2.90. The van der Waals surface area contributed by atoms with Gasteiger partial charge in [0.1, 0.15) is 44.4 Å². The normalized spacial score (nSPS) is 22.5. The van der Waals surface area contributed by atoms with Crippen molar-refractivity contribution in [3.8, 4) is 0 Å². The first-order valence-corrected chi connectivity index (χ1v) is 23.4. The maximum Gasteiger partial charge on any atom is 0.344 e. The van der Waals surface area contributed by atoms with Crippen LogP contribution in [0, 0.1) is 11.8 Å². The molecule has 1 fully saturated rings. The molecule has 1 unspecified atom stereocenters. The number of aromatic nitrogens is 1. The van der Waals surface area contributed by atoms with Crippen LogP contribution in [0.1, 0.15) is 81.7 Å². The molecule has 4 heterocycles. The highest BCUT2D eigenvalue weighted by Gasteiger charge is 2.53. The smallest absolute Gasteiger partial charge is 0.344 e. The van der Waals surface area contributed by atoms with Crippen molar-refractivity contribution in [3.05, 3.63) is 119 Å². The van der Waals surface area contributed by atoms with Gasteiger partial charge >= 0.3 is 17.9 Å². The van der Waals surface area contributed by atoms with Crippen LogP contribution >= 0.6 is 0 Å². The minimum atomic E-state index is -1.41. The van der Waals surface area contributed by atoms with Gasteiger partial charge in [0.25, 0.3) is 5.91 Å². The molecule has 7 rings (SSSR count). The standard InChI is InChI=1S/C52H63N5O10/c1-6-34(3)46(49(61)54-42(50(62)67-33-37-19-12-9-13-20-37)26-45(59)66-32-36-17-10-8-11-18-36)55-48(60)43-23-16-24-56(43)44(58)31-57-28-35(7-2)25-38(29-57)27-52(65-5,51(63)64-4)47-40(30-57)39-21-14-15-22-41(39)53-47/h8-15,17-22,25,34,38,42-43,46,53H,6-7,16,23-24,26-33H2,1-5H3,(H-,54,55,60,61)/p+1/t34-,38-,42-,43-,46-,52-,57?/m0/s1. The number of H-pyrrole nitrogens is 1. The molecule has 3 aliphatic heterocycles. The lowest BCUT2D eigenvalue weighted by Gasteiger charge is -2.47. The summed E-state index contributed by atoms with van der Waals surface area (Å²) in [5, 5.41) is 6.59. The average Bonchev–Trinajstić information content (AvgIpc) is 3.99. The Bertz CT molecular complexity index is 2460. The highest BCUT2D eigenvalue weighted by atomic mass is 16.6. The van der Waals surface area contributed by atoms with E-state index in [1.165, 1.54) is 19.8 Å². The number of carbonyl (C=O) groups is 6. The van der Waals surface area contributed by atoms with Gasteiger partial charge in [0.2, 0.25) is 17.4 Å². The molecule has 0 aliphatic carbocycles. The summed E-state index contributed by atoms with van der Waals surface area (Å²) in [5.74, 6) is -3.88. The maximum atomic E-state index is 14.8. The van der Waals surface area contributed by atoms with E-state index in [1.54, 1.807) is 29.2 Å². The summed E-state index contributed by atoms with van der Waals surface area (Å²) in [4.78, 5) is 89.2. The number of nitrogens with one attached hydrogen (secondary N) is 3. The minimum Gasteiger partial charge on any atom is -0.467 e. The van der Waals surface area contributed by atoms with Crippen LogP contribution in [0.5, 0.6) is 0 Å². The molecule has 67 heavy (non-hydrogen) atoms. The number of hydrogen-bond donors (Lipinski definition) is 3. The van der Waals surface area contributed by atoms with E-state index in [4.69, 9.17) is 18.9 Å². The van der Waals surface area contributed by atoms with Crippen molar-refractivity contribution in [1.29, 1.82) is 0 Å². The van der Waals surface area contributed by atoms with Gasteiger partial charge in [-0.2, -0.15) is 0 Å². The molecule has 3 aliphatic rings. The first-order valence-electron chi connectivity index (χ1n) is 23.4. The number of para-hydroxylation sites is 1. The number of esters is 3. The van der Waals surface area contributed by atoms with Crippen molar-refractivity contribution in [1.82, 2.24) is 20.5 Å². The quantitative estimate of drug-likeness (QED) is 0.0481. The number of nitrogens with zero attached hydrogens (tertiary/aromatic N) is 2. The fourth-order valence-corrected chi connectivity index (χ4v) is 10.1. The van der Waals surface area contributed by atoms with Gasteiger partial charge < -0.3 is 43.9 Å². The lowest BCUT2D eigenvalue weighted by atomic mass is 9.79. The van der Waals surface area contributed by atoms with Gasteiger partial charge in [0, 0.05) is 42.5 Å². The first kappa shape index (κ1) is 48.6. The molecule has 3 amide bonds. The third kappa shape index (κ3) is 10.9. The number of methoxy groups -OCH3 is 2. The molecule has 1 saturated heterocycles. The molecule has 2 bridgehead atoms. The maximum absolute atomic E-state index is 14.8. The number of aromatic amines is 1. The molecule has 3 N–H and O–H groups in total. The number of amides is 3. The number of quaternary nitrogens is 1. The Kier molecular flexibility index (Phi) is 15.6. The summed E-state index contributed by atoms with van der Waals surface area (Å²) < 4.78 is 23.0. The molecular weight excluding hydrogens is 855 g/mol. The van der Waals surface area contributed by atoms with E-state index in [9.17, 15) is 28.8 Å². The molecule has 1 aromatic heterocycles. The Morgan fingerprint density at radius 1 is 0.866 bits per heavy atom. The van der Waals surface area contributed by atoms with Crippen molar-refractivity contribution >= 4 is 46.5 Å². The van der Waals surface area contributed by atoms with Crippen LogP contribution in [0.4, 0.5) is 0 Å². The molecule has 15 nitrogen and oxygen atoms in total. The van der Waals surface area contributed by atoms with Crippen LogP contribution in [0.2, 0.25) is 0 Å². The summed E-state index contributed by atoms with van der Waals surface area (Å²) in [6, 6.07) is 22.6. The number of likely N-dealkylation sites (tertiary alicyclic amines) is 1. The summed E-state index contributed by atoms with van der Waals surface area (Å²) in [6.07, 6.45) is 4.29. The Morgan fingerprint density at radius 3 is 2.19 bits per heavy atom. The zero-order valence-corrected chi connectivity index (χ0v) is 39.2. The van der Waals surface area contributed by atoms with Crippen molar-refractivity contribution in [2.24, 2.45) is 11.8 Å². The third-order valence-corrected chi connectivity index (χ3v) is 13.8. The van der Waals surface area contributed by atoms with E-state index in [0.717, 1.165) is 34.0 Å². The fraction of sp³-hybridized carbons (Fsp3) is 0.462. The summed E-state index contributed by atoms with van der Waals surface area (Å²) in [6.45, 7) is 7.78. The zero-order chi connectivity index (χ0) is 47.7. The Hall–Kier alpha value is -6.32. The van der Waals surface area contributed by atoms with Gasteiger partial charge in [-0.25, -0.2) is 9.59 Å². The number of benzene rings is 3. The van der Waals surface area contributed by atoms with Crippen LogP contribution < -0.4 is 10.6 Å². The van der Waals surface area contributed by atoms with Crippen molar-refractivity contribution in [2.45, 2.75) is 103 Å². The van der Waals surface area contributed by atoms with Gasteiger partial charge in [0.15, 0.2) is 6.54 Å². The highest BCUT2D eigenvalue weighted by Crippen LogP contribution is 2.45. The minimum absolute atomic E-state index is 0.0212. The van der Waals surface area contributed by atoms with Gasteiger partial charge in [-0.05, 0) is 47.9 Å². The first-order chi connectivity index (χ1) is 32.3. The molecule has 356 valence electrons. The molecule has 0 saturated carbocycles. The van der Waals surface area contributed by atoms with Crippen LogP contribution in [-0.2, 0) is 73.1 Å². The predicted molar refractivity (Wildman–Crippen MR) is 249 cm³/mol. The number of hydrogen-bond acceptors (Lipinski definition) is 10. The monoisotopic (exact) mass is 918 g/mol. The molecule has 0 radical (unpaired) electrons. The van der Waals surface area contributed by atoms with E-state index in [1.807, 2.05) is 74.5 Å². The van der Waals surface area contributed by atoms with Crippen molar-refractivity contribution in [3.63, 3.8) is 0 Å². The number of fused-ring (bicyclic) bond motifs is 5. The fourth-order valence-electron chi connectivity index (χ4n) is 10.1. The second-order valence-electron chi connectivity index (χ2n) is 18.3. The van der Waals surface area contributed by atoms with E-state index in [-0.39, 0.29) is 37.5 Å².